The summed E-state index contributed by atoms with van der Waals surface area (Å²) < 4.78 is 0. The molecule has 0 saturated heterocycles. The van der Waals surface area contributed by atoms with Crippen molar-refractivity contribution < 1.29 is 0 Å². The molecule has 0 spiro atoms. The Bertz CT molecular complexity index is 544. The number of rotatable bonds is 3. The summed E-state index contributed by atoms with van der Waals surface area (Å²) in [6.45, 7) is 0.940. The lowest BCUT2D eigenvalue weighted by Gasteiger charge is -2.07. The van der Waals surface area contributed by atoms with Gasteiger partial charge in [-0.3, -0.25) is 0 Å². The Morgan fingerprint density at radius 1 is 1.00 bits per heavy atom. The largest absolute Gasteiger partial charge is 0.356 e. The van der Waals surface area contributed by atoms with Crippen LogP contribution in [0.4, 0.5) is 11.4 Å². The molecule has 0 amide bonds. The van der Waals surface area contributed by atoms with Gasteiger partial charge in [-0.1, -0.05) is 24.3 Å². The SMILES string of the molecule is [c]1ccc(Nc2ccc(C3=NNCC3)cc2)cc1. The summed E-state index contributed by atoms with van der Waals surface area (Å²) in [6, 6.07) is 19.2. The Labute approximate surface area is 107 Å². The quantitative estimate of drug-likeness (QED) is 0.859. The van der Waals surface area contributed by atoms with E-state index in [1.807, 2.05) is 24.3 Å². The molecule has 89 valence electrons. The molecule has 1 aliphatic heterocycles. The molecule has 18 heavy (non-hydrogen) atoms. The van der Waals surface area contributed by atoms with Crippen molar-refractivity contribution in [2.24, 2.45) is 5.10 Å². The fourth-order valence-corrected chi connectivity index (χ4v) is 1.97. The number of nitrogens with one attached hydrogen (secondary N) is 2. The molecule has 0 fully saturated rings. The number of hydrogen-bond donors (Lipinski definition) is 2. The van der Waals surface area contributed by atoms with E-state index < -0.39 is 0 Å². The zero-order valence-corrected chi connectivity index (χ0v) is 9.98. The van der Waals surface area contributed by atoms with Crippen LogP contribution in [0.5, 0.6) is 0 Å². The van der Waals surface area contributed by atoms with Crippen LogP contribution >= 0.6 is 0 Å². The second-order valence-corrected chi connectivity index (χ2v) is 4.21. The van der Waals surface area contributed by atoms with Crippen molar-refractivity contribution >= 4 is 17.1 Å². The molecule has 0 atom stereocenters. The van der Waals surface area contributed by atoms with Crippen LogP contribution in [0.2, 0.25) is 0 Å². The molecule has 0 bridgehead atoms. The normalized spacial score (nSPS) is 13.9. The molecule has 0 aromatic heterocycles. The molecule has 0 aliphatic carbocycles. The van der Waals surface area contributed by atoms with E-state index in [0.717, 1.165) is 30.1 Å². The van der Waals surface area contributed by atoms with Gasteiger partial charge in [0.1, 0.15) is 0 Å². The van der Waals surface area contributed by atoms with Gasteiger partial charge in [0.25, 0.3) is 0 Å². The first-order chi connectivity index (χ1) is 8.92. The van der Waals surface area contributed by atoms with Crippen LogP contribution in [0.3, 0.4) is 0 Å². The predicted molar refractivity (Wildman–Crippen MR) is 74.2 cm³/mol. The molecular weight excluding hydrogens is 222 g/mol. The Morgan fingerprint density at radius 2 is 1.72 bits per heavy atom. The molecule has 3 rings (SSSR count). The predicted octanol–water partition coefficient (Wildman–Crippen LogP) is 2.93. The van der Waals surface area contributed by atoms with Crippen LogP contribution in [0, 0.1) is 6.07 Å². The van der Waals surface area contributed by atoms with Crippen LogP contribution in [0.1, 0.15) is 12.0 Å². The molecule has 3 heteroatoms. The van der Waals surface area contributed by atoms with E-state index in [-0.39, 0.29) is 0 Å². The van der Waals surface area contributed by atoms with Crippen LogP contribution in [0.15, 0.2) is 53.6 Å². The fourth-order valence-electron chi connectivity index (χ4n) is 1.97. The molecule has 1 aliphatic rings. The standard InChI is InChI=1S/C15H14N3/c1-2-4-13(5-3-1)17-14-8-6-12(7-9-14)15-10-11-16-18-15/h2-9,16-17H,10-11H2. The summed E-state index contributed by atoms with van der Waals surface area (Å²) in [4.78, 5) is 0. The minimum Gasteiger partial charge on any atom is -0.356 e. The number of benzene rings is 2. The Morgan fingerprint density at radius 3 is 2.39 bits per heavy atom. The van der Waals surface area contributed by atoms with Crippen LogP contribution < -0.4 is 10.7 Å². The third-order valence-electron chi connectivity index (χ3n) is 2.91. The Balaban J connectivity index is 1.75. The fraction of sp³-hybridized carbons (Fsp3) is 0.133. The average Bonchev–Trinajstić information content (AvgIpc) is 2.95. The summed E-state index contributed by atoms with van der Waals surface area (Å²) in [5.74, 6) is 0. The summed E-state index contributed by atoms with van der Waals surface area (Å²) in [5, 5.41) is 7.61. The van der Waals surface area contributed by atoms with Crippen molar-refractivity contribution in [3.8, 4) is 0 Å². The lowest BCUT2D eigenvalue weighted by molar-refractivity contribution is 0.813. The van der Waals surface area contributed by atoms with Crippen molar-refractivity contribution in [3.63, 3.8) is 0 Å². The highest BCUT2D eigenvalue weighted by Gasteiger charge is 2.08. The van der Waals surface area contributed by atoms with Gasteiger partial charge >= 0.3 is 0 Å². The Kier molecular flexibility index (Phi) is 2.96. The van der Waals surface area contributed by atoms with Crippen LogP contribution in [0.25, 0.3) is 0 Å². The second-order valence-electron chi connectivity index (χ2n) is 4.21. The molecule has 2 N–H and O–H groups in total. The van der Waals surface area contributed by atoms with Gasteiger partial charge in [0.05, 0.1) is 5.71 Å². The topological polar surface area (TPSA) is 36.4 Å². The molecule has 2 aromatic rings. The van der Waals surface area contributed by atoms with Gasteiger partial charge in [0.15, 0.2) is 0 Å². The third-order valence-corrected chi connectivity index (χ3v) is 2.91. The van der Waals surface area contributed by atoms with E-state index in [1.54, 1.807) is 0 Å². The van der Waals surface area contributed by atoms with Crippen molar-refractivity contribution in [2.45, 2.75) is 6.42 Å². The maximum atomic E-state index is 4.26. The zero-order valence-electron chi connectivity index (χ0n) is 9.98. The van der Waals surface area contributed by atoms with Gasteiger partial charge in [-0.15, -0.1) is 0 Å². The maximum absolute atomic E-state index is 4.26. The van der Waals surface area contributed by atoms with Crippen molar-refractivity contribution in [1.82, 2.24) is 5.43 Å². The van der Waals surface area contributed by atoms with Crippen LogP contribution in [-0.4, -0.2) is 12.3 Å². The Hall–Kier alpha value is -2.29. The van der Waals surface area contributed by atoms with Crippen molar-refractivity contribution in [2.75, 3.05) is 11.9 Å². The number of hydrogen-bond acceptors (Lipinski definition) is 3. The smallest absolute Gasteiger partial charge is 0.0693 e. The second kappa shape index (κ2) is 4.92. The van der Waals surface area contributed by atoms with Gasteiger partial charge in [-0.2, -0.15) is 5.10 Å². The van der Waals surface area contributed by atoms with Gasteiger partial charge < -0.3 is 10.7 Å². The highest BCUT2D eigenvalue weighted by atomic mass is 15.3. The molecule has 0 unspecified atom stereocenters. The summed E-state index contributed by atoms with van der Waals surface area (Å²) in [6.07, 6.45) is 1.00. The number of hydrazone groups is 1. The van der Waals surface area contributed by atoms with Gasteiger partial charge in [0, 0.05) is 24.3 Å². The maximum Gasteiger partial charge on any atom is 0.0693 e. The van der Waals surface area contributed by atoms with E-state index >= 15 is 0 Å². The lowest BCUT2D eigenvalue weighted by Crippen LogP contribution is -1.98. The van der Waals surface area contributed by atoms with Gasteiger partial charge in [-0.05, 0) is 35.9 Å². The highest BCUT2D eigenvalue weighted by molar-refractivity contribution is 6.01. The first-order valence-corrected chi connectivity index (χ1v) is 6.05. The number of anilines is 2. The number of nitrogens with zero attached hydrogens (tertiary/aromatic N) is 1. The van der Waals surface area contributed by atoms with E-state index in [9.17, 15) is 0 Å². The van der Waals surface area contributed by atoms with Crippen LogP contribution in [-0.2, 0) is 0 Å². The van der Waals surface area contributed by atoms with E-state index in [0.29, 0.717) is 0 Å². The first-order valence-electron chi connectivity index (χ1n) is 6.05. The highest BCUT2D eigenvalue weighted by Crippen LogP contribution is 2.17. The molecule has 1 radical (unpaired) electrons. The molecule has 2 aromatic carbocycles. The van der Waals surface area contributed by atoms with Crippen molar-refractivity contribution in [3.05, 3.63) is 60.2 Å². The lowest BCUT2D eigenvalue weighted by atomic mass is 10.1. The molecule has 0 saturated carbocycles. The third kappa shape index (κ3) is 2.35. The summed E-state index contributed by atoms with van der Waals surface area (Å²) >= 11 is 0. The minimum absolute atomic E-state index is 0.940. The van der Waals surface area contributed by atoms with Gasteiger partial charge in [0.2, 0.25) is 0 Å². The minimum atomic E-state index is 0.940. The summed E-state index contributed by atoms with van der Waals surface area (Å²) in [7, 11) is 0. The van der Waals surface area contributed by atoms with E-state index in [1.165, 1.54) is 5.56 Å². The van der Waals surface area contributed by atoms with Crippen molar-refractivity contribution in [1.29, 1.82) is 0 Å². The van der Waals surface area contributed by atoms with Gasteiger partial charge in [-0.25, -0.2) is 0 Å². The van der Waals surface area contributed by atoms with E-state index in [4.69, 9.17) is 0 Å². The zero-order chi connectivity index (χ0) is 12.2. The molecular formula is C15H14N3. The van der Waals surface area contributed by atoms with E-state index in [2.05, 4.69) is 46.2 Å². The molecule has 1 heterocycles. The molecule has 3 nitrogen and oxygen atoms in total. The first kappa shape index (κ1) is 10.8. The monoisotopic (exact) mass is 236 g/mol. The summed E-state index contributed by atoms with van der Waals surface area (Å²) in [5.41, 5.74) is 7.47. The average molecular weight is 236 g/mol.